The first-order valence-corrected chi connectivity index (χ1v) is 14.9. The SMILES string of the molecule is COC(=O)C1=C(C)N(c2cccc(C(F)(F)F)c2)c2nn(Cc3ccc(S(C)(=O)=O)cc3)c(=O)n2C1c1ccc(C#N)cc1. The molecule has 14 heteroatoms. The molecule has 10 nitrogen and oxygen atoms in total. The molecule has 0 radical (unpaired) electrons. The van der Waals surface area contributed by atoms with E-state index in [4.69, 9.17) is 4.74 Å². The zero-order valence-electron chi connectivity index (χ0n) is 23.5. The largest absolute Gasteiger partial charge is 0.466 e. The number of esters is 1. The maximum absolute atomic E-state index is 14.1. The van der Waals surface area contributed by atoms with Crippen molar-refractivity contribution >= 4 is 27.4 Å². The molecule has 0 N–H and O–H groups in total. The van der Waals surface area contributed by atoms with E-state index in [0.29, 0.717) is 16.7 Å². The van der Waals surface area contributed by atoms with Crippen LogP contribution in [0.1, 0.15) is 35.2 Å². The Labute approximate surface area is 249 Å². The Balaban J connectivity index is 1.75. The highest BCUT2D eigenvalue weighted by molar-refractivity contribution is 7.90. The molecule has 0 aliphatic carbocycles. The minimum absolute atomic E-state index is 0.00656. The summed E-state index contributed by atoms with van der Waals surface area (Å²) in [5, 5.41) is 13.8. The molecule has 0 fully saturated rings. The number of anilines is 2. The predicted octanol–water partition coefficient (Wildman–Crippen LogP) is 4.58. The minimum Gasteiger partial charge on any atom is -0.466 e. The van der Waals surface area contributed by atoms with Crippen molar-refractivity contribution in [2.24, 2.45) is 0 Å². The van der Waals surface area contributed by atoms with Crippen molar-refractivity contribution in [3.05, 3.63) is 117 Å². The number of hydrogen-bond acceptors (Lipinski definition) is 8. The highest BCUT2D eigenvalue weighted by Crippen LogP contribution is 2.43. The fraction of sp³-hybridized carbons (Fsp3) is 0.200. The second kappa shape index (κ2) is 11.2. The molecular weight excluding hydrogens is 599 g/mol. The van der Waals surface area contributed by atoms with Crippen LogP contribution in [0.25, 0.3) is 0 Å². The number of sulfone groups is 1. The van der Waals surface area contributed by atoms with E-state index in [1.165, 1.54) is 64.9 Å². The molecule has 1 unspecified atom stereocenters. The number of aromatic nitrogens is 3. The second-order valence-electron chi connectivity index (χ2n) is 10.0. The van der Waals surface area contributed by atoms with Gasteiger partial charge in [-0.2, -0.15) is 18.4 Å². The van der Waals surface area contributed by atoms with E-state index in [1.54, 1.807) is 12.1 Å². The summed E-state index contributed by atoms with van der Waals surface area (Å²) in [4.78, 5) is 28.7. The van der Waals surface area contributed by atoms with Gasteiger partial charge in [-0.25, -0.2) is 27.3 Å². The second-order valence-corrected chi connectivity index (χ2v) is 12.1. The Kier molecular flexibility index (Phi) is 7.69. The van der Waals surface area contributed by atoms with Crippen LogP contribution in [0.15, 0.2) is 93.8 Å². The molecule has 1 aliphatic rings. The van der Waals surface area contributed by atoms with Gasteiger partial charge in [-0.1, -0.05) is 30.3 Å². The standard InChI is InChI=1S/C30H24F3N5O5S/c1-18-25(27(39)43-2)26(21-11-7-19(16-34)8-12-21)38-28(37(18)23-6-4-5-22(15-23)30(31,32)33)35-36(29(38)40)17-20-9-13-24(14-10-20)44(3,41)42/h4-15,26H,17H2,1-3H3. The van der Waals surface area contributed by atoms with Gasteiger partial charge in [0, 0.05) is 17.6 Å². The van der Waals surface area contributed by atoms with Gasteiger partial charge >= 0.3 is 17.8 Å². The average molecular weight is 624 g/mol. The van der Waals surface area contributed by atoms with Gasteiger partial charge in [-0.15, -0.1) is 5.10 Å². The number of carbonyl (C=O) groups is 1. The highest BCUT2D eigenvalue weighted by atomic mass is 32.2. The third-order valence-electron chi connectivity index (χ3n) is 7.19. The number of allylic oxidation sites excluding steroid dienone is 1. The molecule has 5 rings (SSSR count). The highest BCUT2D eigenvalue weighted by Gasteiger charge is 2.41. The molecule has 1 atom stereocenters. The summed E-state index contributed by atoms with van der Waals surface area (Å²) in [7, 11) is -2.32. The maximum atomic E-state index is 14.1. The first kappa shape index (κ1) is 30.3. The first-order chi connectivity index (χ1) is 20.7. The average Bonchev–Trinajstić information content (AvgIpc) is 3.30. The molecule has 0 spiro atoms. The Hall–Kier alpha value is -5.16. The fourth-order valence-electron chi connectivity index (χ4n) is 5.06. The zero-order chi connectivity index (χ0) is 32.0. The number of ether oxygens (including phenoxy) is 1. The van der Waals surface area contributed by atoms with E-state index in [0.717, 1.165) is 30.2 Å². The summed E-state index contributed by atoms with van der Waals surface area (Å²) in [5.74, 6) is -0.892. The van der Waals surface area contributed by atoms with Crippen LogP contribution in [0.3, 0.4) is 0 Å². The molecule has 4 aromatic rings. The van der Waals surface area contributed by atoms with Crippen LogP contribution in [0.5, 0.6) is 0 Å². The van der Waals surface area contributed by atoms with Crippen LogP contribution in [0.2, 0.25) is 0 Å². The molecule has 44 heavy (non-hydrogen) atoms. The predicted molar refractivity (Wildman–Crippen MR) is 153 cm³/mol. The number of carbonyl (C=O) groups excluding carboxylic acids is 1. The van der Waals surface area contributed by atoms with Crippen molar-refractivity contribution in [3.63, 3.8) is 0 Å². The van der Waals surface area contributed by atoms with E-state index in [1.807, 2.05) is 6.07 Å². The summed E-state index contributed by atoms with van der Waals surface area (Å²) in [5.41, 5.74) is -0.234. The first-order valence-electron chi connectivity index (χ1n) is 13.0. The van der Waals surface area contributed by atoms with Gasteiger partial charge in [0.15, 0.2) is 9.84 Å². The van der Waals surface area contributed by atoms with Crippen molar-refractivity contribution in [3.8, 4) is 6.07 Å². The Morgan fingerprint density at radius 3 is 2.30 bits per heavy atom. The topological polar surface area (TPSA) is 127 Å². The molecule has 1 aliphatic heterocycles. The van der Waals surface area contributed by atoms with Crippen LogP contribution in [-0.2, 0) is 32.1 Å². The van der Waals surface area contributed by atoms with Crippen LogP contribution in [-0.4, -0.2) is 42.1 Å². The van der Waals surface area contributed by atoms with Gasteiger partial charge < -0.3 is 4.74 Å². The number of methoxy groups -OCH3 is 1. The number of alkyl halides is 3. The number of hydrogen-bond donors (Lipinski definition) is 0. The van der Waals surface area contributed by atoms with Crippen LogP contribution in [0.4, 0.5) is 24.8 Å². The summed E-state index contributed by atoms with van der Waals surface area (Å²) in [6, 6.07) is 17.3. The van der Waals surface area contributed by atoms with E-state index in [2.05, 4.69) is 5.10 Å². The number of fused-ring (bicyclic) bond motifs is 1. The van der Waals surface area contributed by atoms with Gasteiger partial charge in [0.25, 0.3) is 0 Å². The Morgan fingerprint density at radius 2 is 1.73 bits per heavy atom. The minimum atomic E-state index is -4.67. The molecular formula is C30H24F3N5O5S. The lowest BCUT2D eigenvalue weighted by atomic mass is 9.93. The third kappa shape index (κ3) is 5.49. The van der Waals surface area contributed by atoms with Crippen LogP contribution in [0, 0.1) is 11.3 Å². The number of nitrogens with zero attached hydrogens (tertiary/aromatic N) is 5. The molecule has 0 saturated carbocycles. The Bertz CT molecular complexity index is 2010. The van der Waals surface area contributed by atoms with Crippen molar-refractivity contribution in [1.82, 2.24) is 14.3 Å². The summed E-state index contributed by atoms with van der Waals surface area (Å²) in [6.45, 7) is 1.39. The number of nitriles is 1. The van der Waals surface area contributed by atoms with Gasteiger partial charge in [0.05, 0.1) is 41.3 Å². The molecule has 0 saturated heterocycles. The summed E-state index contributed by atoms with van der Waals surface area (Å²) in [6.07, 6.45) is -3.60. The lowest BCUT2D eigenvalue weighted by Gasteiger charge is -2.35. The third-order valence-corrected chi connectivity index (χ3v) is 8.31. The number of halogens is 3. The summed E-state index contributed by atoms with van der Waals surface area (Å²) < 4.78 is 72.2. The van der Waals surface area contributed by atoms with E-state index in [-0.39, 0.29) is 34.3 Å². The molecule has 0 amide bonds. The monoisotopic (exact) mass is 623 g/mol. The van der Waals surface area contributed by atoms with Crippen molar-refractivity contribution < 1.29 is 31.1 Å². The number of benzene rings is 3. The maximum Gasteiger partial charge on any atom is 0.416 e. The van der Waals surface area contributed by atoms with Gasteiger partial charge in [-0.05, 0) is 60.5 Å². The van der Waals surface area contributed by atoms with Gasteiger partial charge in [0.1, 0.15) is 6.04 Å². The van der Waals surface area contributed by atoms with Gasteiger partial charge in [0.2, 0.25) is 5.95 Å². The molecule has 3 aromatic carbocycles. The quantitative estimate of drug-likeness (QED) is 0.286. The van der Waals surface area contributed by atoms with E-state index >= 15 is 0 Å². The fourth-order valence-corrected chi connectivity index (χ4v) is 5.69. The molecule has 2 heterocycles. The smallest absolute Gasteiger partial charge is 0.416 e. The van der Waals surface area contributed by atoms with Gasteiger partial charge in [-0.3, -0.25) is 4.90 Å². The summed E-state index contributed by atoms with van der Waals surface area (Å²) >= 11 is 0. The number of rotatable bonds is 6. The van der Waals surface area contributed by atoms with Crippen molar-refractivity contribution in [1.29, 1.82) is 5.26 Å². The van der Waals surface area contributed by atoms with Crippen molar-refractivity contribution in [2.45, 2.75) is 30.6 Å². The molecule has 226 valence electrons. The van der Waals surface area contributed by atoms with Crippen molar-refractivity contribution in [2.75, 3.05) is 18.3 Å². The lowest BCUT2D eigenvalue weighted by Crippen LogP contribution is -2.38. The lowest BCUT2D eigenvalue weighted by molar-refractivity contribution is -0.138. The van der Waals surface area contributed by atoms with E-state index in [9.17, 15) is 36.4 Å². The molecule has 0 bridgehead atoms. The zero-order valence-corrected chi connectivity index (χ0v) is 24.3. The van der Waals surface area contributed by atoms with Crippen LogP contribution >= 0.6 is 0 Å². The van der Waals surface area contributed by atoms with Crippen LogP contribution < -0.4 is 10.6 Å². The normalized spacial score (nSPS) is 15.1. The molecule has 1 aromatic heterocycles. The Morgan fingerprint density at radius 1 is 1.07 bits per heavy atom. The van der Waals surface area contributed by atoms with E-state index < -0.39 is 39.3 Å².